The second kappa shape index (κ2) is 5.56. The summed E-state index contributed by atoms with van der Waals surface area (Å²) in [4.78, 5) is 0. The van der Waals surface area contributed by atoms with Crippen LogP contribution in [0.25, 0.3) is 0 Å². The SMILES string of the molecule is CCCC(O)C(C)C(C)OC. The molecule has 0 fully saturated rings. The number of rotatable bonds is 5. The predicted molar refractivity (Wildman–Crippen MR) is 46.5 cm³/mol. The van der Waals surface area contributed by atoms with Gasteiger partial charge in [0.05, 0.1) is 12.2 Å². The molecule has 0 rings (SSSR count). The number of ether oxygens (including phenoxy) is 1. The topological polar surface area (TPSA) is 29.5 Å². The fourth-order valence-electron chi connectivity index (χ4n) is 1.09. The molecular weight excluding hydrogens is 140 g/mol. The van der Waals surface area contributed by atoms with E-state index in [1.54, 1.807) is 7.11 Å². The number of hydrogen-bond acceptors (Lipinski definition) is 2. The number of methoxy groups -OCH3 is 1. The Hall–Kier alpha value is -0.0800. The smallest absolute Gasteiger partial charge is 0.0593 e. The summed E-state index contributed by atoms with van der Waals surface area (Å²) in [6, 6.07) is 0. The Morgan fingerprint density at radius 2 is 1.91 bits per heavy atom. The van der Waals surface area contributed by atoms with Crippen molar-refractivity contribution in [1.82, 2.24) is 0 Å². The summed E-state index contributed by atoms with van der Waals surface area (Å²) in [5.74, 6) is 0.236. The fourth-order valence-corrected chi connectivity index (χ4v) is 1.09. The molecule has 0 aliphatic carbocycles. The van der Waals surface area contributed by atoms with E-state index in [2.05, 4.69) is 6.92 Å². The first-order valence-electron chi connectivity index (χ1n) is 4.34. The largest absolute Gasteiger partial charge is 0.393 e. The molecule has 0 aromatic carbocycles. The Morgan fingerprint density at radius 3 is 2.27 bits per heavy atom. The van der Waals surface area contributed by atoms with E-state index in [4.69, 9.17) is 4.74 Å². The second-order valence-corrected chi connectivity index (χ2v) is 3.16. The number of hydrogen-bond donors (Lipinski definition) is 1. The van der Waals surface area contributed by atoms with Crippen LogP contribution < -0.4 is 0 Å². The van der Waals surface area contributed by atoms with Gasteiger partial charge < -0.3 is 9.84 Å². The summed E-state index contributed by atoms with van der Waals surface area (Å²) in [6.45, 7) is 6.09. The van der Waals surface area contributed by atoms with Crippen molar-refractivity contribution in [3.05, 3.63) is 0 Å². The van der Waals surface area contributed by atoms with Crippen molar-refractivity contribution in [2.45, 2.75) is 45.8 Å². The van der Waals surface area contributed by atoms with E-state index in [9.17, 15) is 5.11 Å². The van der Waals surface area contributed by atoms with Gasteiger partial charge in [0, 0.05) is 13.0 Å². The Labute approximate surface area is 69.6 Å². The molecule has 0 saturated heterocycles. The second-order valence-electron chi connectivity index (χ2n) is 3.16. The number of aliphatic hydroxyl groups excluding tert-OH is 1. The van der Waals surface area contributed by atoms with Crippen molar-refractivity contribution in [2.24, 2.45) is 5.92 Å². The molecule has 1 N–H and O–H groups in total. The van der Waals surface area contributed by atoms with E-state index in [0.29, 0.717) is 0 Å². The zero-order valence-corrected chi connectivity index (χ0v) is 8.00. The lowest BCUT2D eigenvalue weighted by atomic mass is 9.96. The van der Waals surface area contributed by atoms with Gasteiger partial charge in [0.2, 0.25) is 0 Å². The van der Waals surface area contributed by atoms with Crippen LogP contribution in [0.2, 0.25) is 0 Å². The van der Waals surface area contributed by atoms with Crippen LogP contribution in [0.4, 0.5) is 0 Å². The van der Waals surface area contributed by atoms with Gasteiger partial charge in [-0.2, -0.15) is 0 Å². The van der Waals surface area contributed by atoms with Gasteiger partial charge in [0.15, 0.2) is 0 Å². The van der Waals surface area contributed by atoms with Gasteiger partial charge in [-0.1, -0.05) is 20.3 Å². The van der Waals surface area contributed by atoms with Gasteiger partial charge in [-0.3, -0.25) is 0 Å². The Balaban J connectivity index is 3.70. The highest BCUT2D eigenvalue weighted by atomic mass is 16.5. The van der Waals surface area contributed by atoms with Crippen LogP contribution in [0.3, 0.4) is 0 Å². The molecule has 2 heteroatoms. The van der Waals surface area contributed by atoms with Gasteiger partial charge in [-0.15, -0.1) is 0 Å². The monoisotopic (exact) mass is 160 g/mol. The van der Waals surface area contributed by atoms with Crippen molar-refractivity contribution < 1.29 is 9.84 Å². The summed E-state index contributed by atoms with van der Waals surface area (Å²) in [7, 11) is 1.68. The van der Waals surface area contributed by atoms with Crippen molar-refractivity contribution >= 4 is 0 Å². The molecule has 0 amide bonds. The lowest BCUT2D eigenvalue weighted by Crippen LogP contribution is -2.28. The van der Waals surface area contributed by atoms with Gasteiger partial charge in [-0.05, 0) is 13.3 Å². The molecule has 11 heavy (non-hydrogen) atoms. The summed E-state index contributed by atoms with van der Waals surface area (Å²) < 4.78 is 5.12. The molecule has 0 aliphatic rings. The average Bonchev–Trinajstić information content (AvgIpc) is 2.02. The maximum atomic E-state index is 9.54. The van der Waals surface area contributed by atoms with Crippen molar-refractivity contribution in [2.75, 3.05) is 7.11 Å². The van der Waals surface area contributed by atoms with Crippen LogP contribution in [0.15, 0.2) is 0 Å². The maximum Gasteiger partial charge on any atom is 0.0593 e. The zero-order valence-electron chi connectivity index (χ0n) is 8.00. The lowest BCUT2D eigenvalue weighted by Gasteiger charge is -2.23. The third kappa shape index (κ3) is 3.73. The molecule has 0 aromatic rings. The molecule has 0 aliphatic heterocycles. The fraction of sp³-hybridized carbons (Fsp3) is 1.00. The lowest BCUT2D eigenvalue weighted by molar-refractivity contribution is 0.00109. The van der Waals surface area contributed by atoms with Crippen LogP contribution >= 0.6 is 0 Å². The molecule has 0 heterocycles. The molecule has 2 nitrogen and oxygen atoms in total. The van der Waals surface area contributed by atoms with Gasteiger partial charge >= 0.3 is 0 Å². The molecule has 0 saturated carbocycles. The minimum Gasteiger partial charge on any atom is -0.393 e. The van der Waals surface area contributed by atoms with Crippen molar-refractivity contribution in [1.29, 1.82) is 0 Å². The standard InChI is InChI=1S/C9H20O2/c1-5-6-9(10)7(2)8(3)11-4/h7-10H,5-6H2,1-4H3. The molecule has 0 aromatic heterocycles. The highest BCUT2D eigenvalue weighted by Gasteiger charge is 2.19. The summed E-state index contributed by atoms with van der Waals surface area (Å²) in [5.41, 5.74) is 0. The first-order valence-corrected chi connectivity index (χ1v) is 4.34. The molecule has 0 bridgehead atoms. The zero-order chi connectivity index (χ0) is 8.85. The predicted octanol–water partition coefficient (Wildman–Crippen LogP) is 1.82. The first-order chi connectivity index (χ1) is 5.13. The summed E-state index contributed by atoms with van der Waals surface area (Å²) >= 11 is 0. The quantitative estimate of drug-likeness (QED) is 0.664. The van der Waals surface area contributed by atoms with E-state index in [1.807, 2.05) is 13.8 Å². The molecule has 0 spiro atoms. The van der Waals surface area contributed by atoms with Crippen molar-refractivity contribution in [3.63, 3.8) is 0 Å². The van der Waals surface area contributed by atoms with Crippen LogP contribution in [-0.4, -0.2) is 24.4 Å². The first kappa shape index (κ1) is 10.9. The average molecular weight is 160 g/mol. The molecule has 68 valence electrons. The third-order valence-electron chi connectivity index (χ3n) is 2.30. The molecule has 3 atom stereocenters. The van der Waals surface area contributed by atoms with E-state index < -0.39 is 0 Å². The minimum absolute atomic E-state index is 0.150. The summed E-state index contributed by atoms with van der Waals surface area (Å²) in [5, 5.41) is 9.54. The van der Waals surface area contributed by atoms with Crippen LogP contribution in [0, 0.1) is 5.92 Å². The normalized spacial score (nSPS) is 19.4. The van der Waals surface area contributed by atoms with E-state index in [0.717, 1.165) is 12.8 Å². The molecular formula is C9H20O2. The van der Waals surface area contributed by atoms with Crippen LogP contribution in [0.5, 0.6) is 0 Å². The number of aliphatic hydroxyl groups is 1. The van der Waals surface area contributed by atoms with Gasteiger partial charge in [0.1, 0.15) is 0 Å². The van der Waals surface area contributed by atoms with E-state index in [-0.39, 0.29) is 18.1 Å². The Kier molecular flexibility index (Phi) is 5.51. The Morgan fingerprint density at radius 1 is 1.36 bits per heavy atom. The molecule has 0 radical (unpaired) electrons. The van der Waals surface area contributed by atoms with E-state index in [1.165, 1.54) is 0 Å². The Bertz CT molecular complexity index is 93.6. The van der Waals surface area contributed by atoms with E-state index >= 15 is 0 Å². The van der Waals surface area contributed by atoms with Crippen LogP contribution in [0.1, 0.15) is 33.6 Å². The minimum atomic E-state index is -0.213. The molecule has 3 unspecified atom stereocenters. The van der Waals surface area contributed by atoms with Gasteiger partial charge in [-0.25, -0.2) is 0 Å². The highest BCUT2D eigenvalue weighted by molar-refractivity contribution is 4.69. The third-order valence-corrected chi connectivity index (χ3v) is 2.30. The highest BCUT2D eigenvalue weighted by Crippen LogP contribution is 2.14. The van der Waals surface area contributed by atoms with Crippen LogP contribution in [-0.2, 0) is 4.74 Å². The van der Waals surface area contributed by atoms with Gasteiger partial charge in [0.25, 0.3) is 0 Å². The maximum absolute atomic E-state index is 9.54. The summed E-state index contributed by atoms with van der Waals surface area (Å²) in [6.07, 6.45) is 1.84. The van der Waals surface area contributed by atoms with Crippen molar-refractivity contribution in [3.8, 4) is 0 Å².